The number of rotatable bonds is 1. The van der Waals surface area contributed by atoms with Gasteiger partial charge in [-0.3, -0.25) is 0 Å². The van der Waals surface area contributed by atoms with Crippen LogP contribution < -0.4 is 0 Å². The lowest BCUT2D eigenvalue weighted by atomic mass is 9.86. The third-order valence-electron chi connectivity index (χ3n) is 3.21. The number of hydrogen-bond acceptors (Lipinski definition) is 3. The Morgan fingerprint density at radius 3 is 2.47 bits per heavy atom. The molecule has 100 valence electrons. The summed E-state index contributed by atoms with van der Waals surface area (Å²) in [5.41, 5.74) is -0.460. The fourth-order valence-corrected chi connectivity index (χ4v) is 2.23. The first-order valence-corrected chi connectivity index (χ1v) is 6.40. The van der Waals surface area contributed by atoms with Crippen molar-refractivity contribution in [3.8, 4) is 0 Å². The maximum atomic E-state index is 11.9. The molecule has 3 unspecified atom stereocenters. The van der Waals surface area contributed by atoms with E-state index in [4.69, 9.17) is 4.74 Å². The van der Waals surface area contributed by atoms with Crippen LogP contribution in [0.2, 0.25) is 0 Å². The van der Waals surface area contributed by atoms with Crippen molar-refractivity contribution in [3.05, 3.63) is 0 Å². The Kier molecular flexibility index (Phi) is 4.42. The molecular formula is C13H25NO3. The third-order valence-corrected chi connectivity index (χ3v) is 3.21. The van der Waals surface area contributed by atoms with Crippen LogP contribution in [0.3, 0.4) is 0 Å². The minimum Gasteiger partial charge on any atom is -0.444 e. The zero-order valence-corrected chi connectivity index (χ0v) is 11.6. The molecule has 1 aliphatic heterocycles. The summed E-state index contributed by atoms with van der Waals surface area (Å²) in [5.74, 6) is 0.271. The topological polar surface area (TPSA) is 49.8 Å². The molecule has 0 spiro atoms. The lowest BCUT2D eigenvalue weighted by Gasteiger charge is -2.40. The second-order valence-corrected chi connectivity index (χ2v) is 6.02. The molecule has 1 N–H and O–H groups in total. The number of carbonyl (C=O) groups excluding carboxylic acids is 1. The van der Waals surface area contributed by atoms with Crippen molar-refractivity contribution in [2.24, 2.45) is 11.8 Å². The van der Waals surface area contributed by atoms with E-state index in [0.29, 0.717) is 13.1 Å². The number of aliphatic hydroxyl groups excluding tert-OH is 1. The molecule has 1 saturated heterocycles. The van der Waals surface area contributed by atoms with Crippen LogP contribution in [0.25, 0.3) is 0 Å². The van der Waals surface area contributed by atoms with Crippen molar-refractivity contribution in [3.63, 3.8) is 0 Å². The van der Waals surface area contributed by atoms with Gasteiger partial charge in [-0.15, -0.1) is 0 Å². The average molecular weight is 243 g/mol. The summed E-state index contributed by atoms with van der Waals surface area (Å²) in [4.78, 5) is 13.7. The molecule has 4 nitrogen and oxygen atoms in total. The smallest absolute Gasteiger partial charge is 0.410 e. The van der Waals surface area contributed by atoms with Gasteiger partial charge >= 0.3 is 6.09 Å². The van der Waals surface area contributed by atoms with Crippen LogP contribution in [0.1, 0.15) is 41.0 Å². The molecule has 0 radical (unpaired) electrons. The molecule has 0 bridgehead atoms. The number of aliphatic hydroxyl groups is 1. The number of ether oxygens (including phenoxy) is 1. The third kappa shape index (κ3) is 3.87. The molecule has 0 aliphatic carbocycles. The number of hydrogen-bond donors (Lipinski definition) is 1. The van der Waals surface area contributed by atoms with E-state index in [9.17, 15) is 9.90 Å². The molecule has 3 atom stereocenters. The van der Waals surface area contributed by atoms with E-state index in [0.717, 1.165) is 6.42 Å². The lowest BCUT2D eigenvalue weighted by molar-refractivity contribution is -0.0325. The zero-order valence-electron chi connectivity index (χ0n) is 11.6. The Labute approximate surface area is 104 Å². The van der Waals surface area contributed by atoms with Gasteiger partial charge in [0.05, 0.1) is 6.10 Å². The van der Waals surface area contributed by atoms with Crippen molar-refractivity contribution in [1.29, 1.82) is 0 Å². The van der Waals surface area contributed by atoms with Gasteiger partial charge in [-0.2, -0.15) is 0 Å². The quantitative estimate of drug-likeness (QED) is 0.768. The molecule has 0 aromatic heterocycles. The Morgan fingerprint density at radius 1 is 1.41 bits per heavy atom. The summed E-state index contributed by atoms with van der Waals surface area (Å²) < 4.78 is 5.36. The SMILES string of the molecule is CCC1CN(C(=O)OC(C)(C)C)CC(C)C1O. The summed E-state index contributed by atoms with van der Waals surface area (Å²) in [6, 6.07) is 0. The van der Waals surface area contributed by atoms with E-state index in [1.807, 2.05) is 34.6 Å². The van der Waals surface area contributed by atoms with Gasteiger partial charge in [-0.05, 0) is 27.2 Å². The maximum absolute atomic E-state index is 11.9. The van der Waals surface area contributed by atoms with Gasteiger partial charge in [0.15, 0.2) is 0 Å². The summed E-state index contributed by atoms with van der Waals surface area (Å²) in [5, 5.41) is 9.99. The number of piperidine rings is 1. The molecule has 4 heteroatoms. The number of amides is 1. The highest BCUT2D eigenvalue weighted by Gasteiger charge is 2.35. The summed E-state index contributed by atoms with van der Waals surface area (Å²) in [7, 11) is 0. The second-order valence-electron chi connectivity index (χ2n) is 6.02. The highest BCUT2D eigenvalue weighted by atomic mass is 16.6. The van der Waals surface area contributed by atoms with Crippen molar-refractivity contribution in [1.82, 2.24) is 4.90 Å². The second kappa shape index (κ2) is 5.25. The Hall–Kier alpha value is -0.770. The molecule has 1 aliphatic rings. The van der Waals surface area contributed by atoms with E-state index in [-0.39, 0.29) is 24.0 Å². The standard InChI is InChI=1S/C13H25NO3/c1-6-10-8-14(7-9(2)11(10)15)12(16)17-13(3,4)5/h9-11,15H,6-8H2,1-5H3. The van der Waals surface area contributed by atoms with Crippen LogP contribution in [0.15, 0.2) is 0 Å². The van der Waals surface area contributed by atoms with Crippen LogP contribution in [-0.2, 0) is 4.74 Å². The predicted molar refractivity (Wildman–Crippen MR) is 66.8 cm³/mol. The Bertz CT molecular complexity index is 272. The Morgan fingerprint density at radius 2 is 2.00 bits per heavy atom. The number of carbonyl (C=O) groups is 1. The molecule has 1 heterocycles. The maximum Gasteiger partial charge on any atom is 0.410 e. The van der Waals surface area contributed by atoms with E-state index in [1.54, 1.807) is 4.90 Å². The summed E-state index contributed by atoms with van der Waals surface area (Å²) in [6.45, 7) is 10.8. The van der Waals surface area contributed by atoms with E-state index in [1.165, 1.54) is 0 Å². The van der Waals surface area contributed by atoms with Crippen LogP contribution in [0.4, 0.5) is 4.79 Å². The highest BCUT2D eigenvalue weighted by Crippen LogP contribution is 2.25. The molecule has 1 rings (SSSR count). The van der Waals surface area contributed by atoms with Crippen molar-refractivity contribution in [2.75, 3.05) is 13.1 Å². The average Bonchev–Trinajstić information content (AvgIpc) is 2.19. The van der Waals surface area contributed by atoms with Crippen molar-refractivity contribution < 1.29 is 14.6 Å². The Balaban J connectivity index is 2.63. The molecule has 1 fully saturated rings. The minimum absolute atomic E-state index is 0.112. The van der Waals surface area contributed by atoms with Gasteiger partial charge in [0.25, 0.3) is 0 Å². The van der Waals surface area contributed by atoms with Gasteiger partial charge in [0, 0.05) is 24.9 Å². The molecule has 1 amide bonds. The zero-order chi connectivity index (χ0) is 13.2. The van der Waals surface area contributed by atoms with Gasteiger partial charge in [0.1, 0.15) is 5.60 Å². The molecule has 17 heavy (non-hydrogen) atoms. The number of nitrogens with zero attached hydrogens (tertiary/aromatic N) is 1. The highest BCUT2D eigenvalue weighted by molar-refractivity contribution is 5.68. The van der Waals surface area contributed by atoms with Crippen LogP contribution in [0.5, 0.6) is 0 Å². The van der Waals surface area contributed by atoms with Crippen molar-refractivity contribution in [2.45, 2.75) is 52.7 Å². The van der Waals surface area contributed by atoms with Gasteiger partial charge in [-0.1, -0.05) is 13.8 Å². The van der Waals surface area contributed by atoms with Crippen LogP contribution in [-0.4, -0.2) is 40.9 Å². The summed E-state index contributed by atoms with van der Waals surface area (Å²) in [6.07, 6.45) is 0.304. The monoisotopic (exact) mass is 243 g/mol. The number of likely N-dealkylation sites (tertiary alicyclic amines) is 1. The fourth-order valence-electron chi connectivity index (χ4n) is 2.23. The van der Waals surface area contributed by atoms with E-state index in [2.05, 4.69) is 0 Å². The minimum atomic E-state index is -0.460. The normalized spacial score (nSPS) is 30.2. The largest absolute Gasteiger partial charge is 0.444 e. The predicted octanol–water partition coefficient (Wildman–Crippen LogP) is 2.26. The molecular weight excluding hydrogens is 218 g/mol. The first-order valence-electron chi connectivity index (χ1n) is 6.40. The van der Waals surface area contributed by atoms with E-state index >= 15 is 0 Å². The van der Waals surface area contributed by atoms with E-state index < -0.39 is 5.60 Å². The van der Waals surface area contributed by atoms with Gasteiger partial charge < -0.3 is 14.7 Å². The van der Waals surface area contributed by atoms with Crippen LogP contribution >= 0.6 is 0 Å². The molecule has 0 aromatic carbocycles. The first-order chi connectivity index (χ1) is 7.74. The van der Waals surface area contributed by atoms with Gasteiger partial charge in [-0.25, -0.2) is 4.79 Å². The van der Waals surface area contributed by atoms with Crippen LogP contribution in [0, 0.1) is 11.8 Å². The lowest BCUT2D eigenvalue weighted by Crippen LogP contribution is -2.51. The first kappa shape index (κ1) is 14.3. The molecule has 0 saturated carbocycles. The molecule has 0 aromatic rings. The fraction of sp³-hybridized carbons (Fsp3) is 0.923. The van der Waals surface area contributed by atoms with Gasteiger partial charge in [0.2, 0.25) is 0 Å². The summed E-state index contributed by atoms with van der Waals surface area (Å²) >= 11 is 0. The van der Waals surface area contributed by atoms with Crippen molar-refractivity contribution >= 4 is 6.09 Å².